The normalized spacial score (nSPS) is 24.7. The van der Waals surface area contributed by atoms with Crippen molar-refractivity contribution in [2.45, 2.75) is 82.5 Å². The minimum absolute atomic E-state index is 0.0242. The lowest BCUT2D eigenvalue weighted by Gasteiger charge is -2.37. The van der Waals surface area contributed by atoms with Crippen LogP contribution in [-0.4, -0.2) is 60.6 Å². The summed E-state index contributed by atoms with van der Waals surface area (Å²) in [6.45, 7) is 2.03. The minimum Gasteiger partial charge on any atom is -0.469 e. The number of amides is 2. The van der Waals surface area contributed by atoms with Gasteiger partial charge in [-0.15, -0.1) is 0 Å². The smallest absolute Gasteiger partial charge is 0.416 e. The third-order valence-corrected chi connectivity index (χ3v) is 7.45. The maximum atomic E-state index is 13.3. The van der Waals surface area contributed by atoms with Gasteiger partial charge in [0.15, 0.2) is 0 Å². The van der Waals surface area contributed by atoms with Gasteiger partial charge in [0, 0.05) is 38.3 Å². The Hall–Kier alpha value is -2.50. The number of rotatable bonds is 6. The van der Waals surface area contributed by atoms with Crippen molar-refractivity contribution in [3.05, 3.63) is 34.9 Å². The summed E-state index contributed by atoms with van der Waals surface area (Å²) in [5.74, 6) is -0.405. The molecule has 12 heteroatoms. The van der Waals surface area contributed by atoms with E-state index in [4.69, 9.17) is 4.74 Å². The van der Waals surface area contributed by atoms with E-state index >= 15 is 0 Å². The summed E-state index contributed by atoms with van der Waals surface area (Å²) < 4.78 is 83.8. The molecule has 1 aliphatic heterocycles. The molecular formula is C25H33F6N3O3. The van der Waals surface area contributed by atoms with E-state index < -0.39 is 23.5 Å². The van der Waals surface area contributed by atoms with Crippen LogP contribution in [0, 0.1) is 5.92 Å². The first-order chi connectivity index (χ1) is 17.2. The van der Waals surface area contributed by atoms with Crippen LogP contribution in [0.4, 0.5) is 31.1 Å². The highest BCUT2D eigenvalue weighted by Crippen LogP contribution is 2.36. The van der Waals surface area contributed by atoms with Crippen LogP contribution in [-0.2, 0) is 28.4 Å². The highest BCUT2D eigenvalue weighted by molar-refractivity contribution is 5.75. The van der Waals surface area contributed by atoms with Crippen LogP contribution in [0.25, 0.3) is 0 Å². The molecular weight excluding hydrogens is 504 g/mol. The quantitative estimate of drug-likeness (QED) is 0.387. The Morgan fingerprint density at radius 2 is 1.59 bits per heavy atom. The molecule has 1 aliphatic carbocycles. The lowest BCUT2D eigenvalue weighted by atomic mass is 9.85. The van der Waals surface area contributed by atoms with Crippen LogP contribution in [0.5, 0.6) is 0 Å². The zero-order chi connectivity index (χ0) is 27.5. The van der Waals surface area contributed by atoms with Gasteiger partial charge >= 0.3 is 24.4 Å². The second-order valence-corrected chi connectivity index (χ2v) is 9.86. The molecule has 1 saturated heterocycles. The largest absolute Gasteiger partial charge is 0.469 e. The van der Waals surface area contributed by atoms with E-state index in [0.29, 0.717) is 45.1 Å². The maximum Gasteiger partial charge on any atom is 0.416 e. The molecule has 2 amide bonds. The lowest BCUT2D eigenvalue weighted by Crippen LogP contribution is -2.49. The van der Waals surface area contributed by atoms with Crippen molar-refractivity contribution in [1.29, 1.82) is 0 Å². The Labute approximate surface area is 212 Å². The van der Waals surface area contributed by atoms with Gasteiger partial charge in [-0.05, 0) is 62.3 Å². The average molecular weight is 538 g/mol. The van der Waals surface area contributed by atoms with E-state index in [1.54, 1.807) is 16.8 Å². The number of esters is 1. The Balaban J connectivity index is 1.63. The molecule has 1 aromatic carbocycles. The van der Waals surface area contributed by atoms with Gasteiger partial charge in [-0.3, -0.25) is 4.79 Å². The molecule has 0 spiro atoms. The fourth-order valence-corrected chi connectivity index (χ4v) is 5.29. The number of carbonyl (C=O) groups excluding carboxylic acids is 2. The second kappa shape index (κ2) is 11.5. The highest BCUT2D eigenvalue weighted by Gasteiger charge is 2.39. The minimum atomic E-state index is -4.90. The number of nitrogens with one attached hydrogen (secondary N) is 1. The zero-order valence-electron chi connectivity index (χ0n) is 21.1. The molecule has 1 heterocycles. The fraction of sp³-hybridized carbons (Fsp3) is 0.680. The molecule has 208 valence electrons. The molecule has 37 heavy (non-hydrogen) atoms. The maximum absolute atomic E-state index is 13.3. The summed E-state index contributed by atoms with van der Waals surface area (Å²) >= 11 is 0. The predicted octanol–water partition coefficient (Wildman–Crippen LogP) is 5.45. The number of likely N-dealkylation sites (tertiary alicyclic amines) is 1. The summed E-state index contributed by atoms with van der Waals surface area (Å²) in [4.78, 5) is 28.5. The Morgan fingerprint density at radius 1 is 1.03 bits per heavy atom. The number of nitrogens with zero attached hydrogens (tertiary/aromatic N) is 2. The predicted molar refractivity (Wildman–Crippen MR) is 123 cm³/mol. The van der Waals surface area contributed by atoms with Gasteiger partial charge in [-0.25, -0.2) is 4.79 Å². The van der Waals surface area contributed by atoms with E-state index in [1.165, 1.54) is 7.11 Å². The fourth-order valence-electron chi connectivity index (χ4n) is 5.29. The van der Waals surface area contributed by atoms with Gasteiger partial charge in [0.1, 0.15) is 0 Å². The molecule has 2 atom stereocenters. The molecule has 6 nitrogen and oxygen atoms in total. The zero-order valence-corrected chi connectivity index (χ0v) is 21.1. The molecule has 1 saturated carbocycles. The SMILES string of the molecule is CC[C@@H]1C[C@H](NCc2cc(C(F)(F)F)cc(C(F)(F)F)c2)CN1C(=O)N(C)C1CCC(C(=O)OC)CC1. The molecule has 0 unspecified atom stereocenters. The number of ether oxygens (including phenoxy) is 1. The number of alkyl halides is 6. The Bertz CT molecular complexity index is 928. The van der Waals surface area contributed by atoms with Crippen LogP contribution in [0.2, 0.25) is 0 Å². The van der Waals surface area contributed by atoms with Gasteiger partial charge in [0.25, 0.3) is 0 Å². The van der Waals surface area contributed by atoms with Crippen LogP contribution < -0.4 is 5.32 Å². The van der Waals surface area contributed by atoms with Gasteiger partial charge < -0.3 is 19.9 Å². The standard InChI is InChI=1S/C25H33F6N3O3/c1-4-20-12-19(32-13-15-9-17(24(26,27)28)11-18(10-15)25(29,30)31)14-34(20)23(36)33(2)21-7-5-16(6-8-21)22(35)37-3/h9-11,16,19-21,32H,4-8,12-14H2,1-3H3/t16?,19-,20+,21?/m0/s1. The first kappa shape index (κ1) is 29.1. The van der Waals surface area contributed by atoms with E-state index in [1.807, 2.05) is 6.92 Å². The lowest BCUT2D eigenvalue weighted by molar-refractivity contribution is -0.147. The van der Waals surface area contributed by atoms with Crippen LogP contribution in [0.15, 0.2) is 18.2 Å². The molecule has 2 aliphatic rings. The topological polar surface area (TPSA) is 61.9 Å². The molecule has 0 aromatic heterocycles. The first-order valence-corrected chi connectivity index (χ1v) is 12.4. The summed E-state index contributed by atoms with van der Waals surface area (Å²) in [6.07, 6.45) is -6.00. The number of urea groups is 1. The number of hydrogen-bond acceptors (Lipinski definition) is 4. The van der Waals surface area contributed by atoms with Gasteiger partial charge in [-0.2, -0.15) is 26.3 Å². The average Bonchev–Trinajstić information content (AvgIpc) is 3.28. The summed E-state index contributed by atoms with van der Waals surface area (Å²) in [5.41, 5.74) is -2.82. The molecule has 2 fully saturated rings. The van der Waals surface area contributed by atoms with Crippen molar-refractivity contribution >= 4 is 12.0 Å². The van der Waals surface area contributed by atoms with Crippen LogP contribution in [0.3, 0.4) is 0 Å². The third-order valence-electron chi connectivity index (χ3n) is 7.45. The van der Waals surface area contributed by atoms with Crippen molar-refractivity contribution < 1.29 is 40.7 Å². The van der Waals surface area contributed by atoms with Crippen molar-refractivity contribution in [1.82, 2.24) is 15.1 Å². The van der Waals surface area contributed by atoms with Crippen molar-refractivity contribution in [2.24, 2.45) is 5.92 Å². The third kappa shape index (κ3) is 7.08. The Morgan fingerprint density at radius 3 is 2.08 bits per heavy atom. The molecule has 0 radical (unpaired) electrons. The van der Waals surface area contributed by atoms with E-state index in [-0.39, 0.29) is 54.2 Å². The molecule has 0 bridgehead atoms. The van der Waals surface area contributed by atoms with E-state index in [0.717, 1.165) is 12.1 Å². The van der Waals surface area contributed by atoms with Crippen molar-refractivity contribution in [2.75, 3.05) is 20.7 Å². The molecule has 3 rings (SSSR count). The van der Waals surface area contributed by atoms with Crippen molar-refractivity contribution in [3.63, 3.8) is 0 Å². The summed E-state index contributed by atoms with van der Waals surface area (Å²) in [6, 6.07) is 0.972. The van der Waals surface area contributed by atoms with Crippen LogP contribution in [0.1, 0.15) is 62.1 Å². The highest BCUT2D eigenvalue weighted by atomic mass is 19.4. The molecule has 1 aromatic rings. The Kier molecular flexibility index (Phi) is 9.02. The summed E-state index contributed by atoms with van der Waals surface area (Å²) in [7, 11) is 3.08. The monoisotopic (exact) mass is 537 g/mol. The van der Waals surface area contributed by atoms with Gasteiger partial charge in [0.2, 0.25) is 0 Å². The number of hydrogen-bond donors (Lipinski definition) is 1. The van der Waals surface area contributed by atoms with E-state index in [9.17, 15) is 35.9 Å². The van der Waals surface area contributed by atoms with Gasteiger partial charge in [0.05, 0.1) is 24.2 Å². The number of halogens is 6. The van der Waals surface area contributed by atoms with Gasteiger partial charge in [-0.1, -0.05) is 6.92 Å². The molecule has 1 N–H and O–H groups in total. The van der Waals surface area contributed by atoms with Crippen molar-refractivity contribution in [3.8, 4) is 0 Å². The number of benzene rings is 1. The van der Waals surface area contributed by atoms with Crippen LogP contribution >= 0.6 is 0 Å². The number of methoxy groups -OCH3 is 1. The summed E-state index contributed by atoms with van der Waals surface area (Å²) in [5, 5.41) is 3.05. The number of carbonyl (C=O) groups is 2. The first-order valence-electron chi connectivity index (χ1n) is 12.4. The second-order valence-electron chi connectivity index (χ2n) is 9.86. The van der Waals surface area contributed by atoms with E-state index in [2.05, 4.69) is 5.32 Å².